The molecule has 1 aliphatic heterocycles. The third kappa shape index (κ3) is 2.97. The number of hydrogen-bond donors (Lipinski definition) is 1. The lowest BCUT2D eigenvalue weighted by molar-refractivity contribution is -0.138. The van der Waals surface area contributed by atoms with E-state index in [1.807, 2.05) is 6.07 Å². The summed E-state index contributed by atoms with van der Waals surface area (Å²) in [6, 6.07) is 5.77. The molecule has 0 aliphatic carbocycles. The Hall–Kier alpha value is -2.55. The van der Waals surface area contributed by atoms with Crippen molar-refractivity contribution < 1.29 is 19.4 Å². The minimum atomic E-state index is -1.10. The van der Waals surface area contributed by atoms with Gasteiger partial charge in [-0.3, -0.25) is 4.90 Å². The van der Waals surface area contributed by atoms with Crippen molar-refractivity contribution in [3.8, 4) is 6.07 Å². The van der Waals surface area contributed by atoms with Gasteiger partial charge in [0.15, 0.2) is 0 Å². The van der Waals surface area contributed by atoms with Crippen LogP contribution in [0.25, 0.3) is 0 Å². The van der Waals surface area contributed by atoms with Crippen molar-refractivity contribution in [2.75, 3.05) is 4.90 Å². The van der Waals surface area contributed by atoms with Crippen molar-refractivity contribution in [2.24, 2.45) is 0 Å². The molecule has 1 aromatic rings. The lowest BCUT2D eigenvalue weighted by atomic mass is 10.1. The van der Waals surface area contributed by atoms with Crippen LogP contribution in [0.15, 0.2) is 18.2 Å². The van der Waals surface area contributed by atoms with Gasteiger partial charge in [0, 0.05) is 6.42 Å². The Morgan fingerprint density at radius 2 is 2.10 bits per heavy atom. The van der Waals surface area contributed by atoms with Gasteiger partial charge in [-0.25, -0.2) is 9.59 Å². The molecule has 21 heavy (non-hydrogen) atoms. The van der Waals surface area contributed by atoms with Gasteiger partial charge in [-0.1, -0.05) is 6.07 Å². The van der Waals surface area contributed by atoms with Gasteiger partial charge in [-0.2, -0.15) is 5.26 Å². The average Bonchev–Trinajstić information content (AvgIpc) is 2.74. The number of fused-ring (bicyclic) bond motifs is 1. The fourth-order valence-electron chi connectivity index (χ4n) is 2.23. The lowest BCUT2D eigenvalue weighted by Gasteiger charge is -2.27. The van der Waals surface area contributed by atoms with Crippen LogP contribution in [0.4, 0.5) is 10.5 Å². The zero-order valence-electron chi connectivity index (χ0n) is 12.1. The van der Waals surface area contributed by atoms with Crippen LogP contribution in [0.2, 0.25) is 0 Å². The van der Waals surface area contributed by atoms with Crippen molar-refractivity contribution in [3.63, 3.8) is 0 Å². The molecule has 0 aromatic heterocycles. The molecule has 1 amide bonds. The molecule has 0 radical (unpaired) electrons. The predicted octanol–water partition coefficient (Wildman–Crippen LogP) is 2.31. The highest BCUT2D eigenvalue weighted by Crippen LogP contribution is 2.34. The van der Waals surface area contributed by atoms with Gasteiger partial charge in [0.1, 0.15) is 11.6 Å². The van der Waals surface area contributed by atoms with Crippen molar-refractivity contribution in [1.82, 2.24) is 0 Å². The molecule has 1 aliphatic rings. The molecule has 1 unspecified atom stereocenters. The van der Waals surface area contributed by atoms with Crippen molar-refractivity contribution in [2.45, 2.75) is 38.8 Å². The minimum absolute atomic E-state index is 0.204. The number of carbonyl (C=O) groups excluding carboxylic acids is 1. The number of carboxylic acid groups (broad SMARTS) is 1. The standard InChI is InChI=1S/C15H16N2O4/c1-15(2,3)21-14(20)17-11-6-9(8-16)4-5-10(11)7-12(17)13(18)19/h4-6,12H,7H2,1-3H3,(H,18,19). The number of carbonyl (C=O) groups is 2. The number of nitrogens with zero attached hydrogens (tertiary/aromatic N) is 2. The molecule has 0 spiro atoms. The zero-order valence-corrected chi connectivity index (χ0v) is 12.1. The predicted molar refractivity (Wildman–Crippen MR) is 75.0 cm³/mol. The summed E-state index contributed by atoms with van der Waals surface area (Å²) in [5, 5.41) is 18.3. The van der Waals surface area contributed by atoms with Gasteiger partial charge < -0.3 is 9.84 Å². The molecular weight excluding hydrogens is 272 g/mol. The summed E-state index contributed by atoms with van der Waals surface area (Å²) in [5.41, 5.74) is 0.784. The second-order valence-electron chi connectivity index (χ2n) is 5.86. The smallest absolute Gasteiger partial charge is 0.415 e. The first kappa shape index (κ1) is 14.9. The highest BCUT2D eigenvalue weighted by atomic mass is 16.6. The lowest BCUT2D eigenvalue weighted by Crippen LogP contribution is -2.45. The van der Waals surface area contributed by atoms with E-state index < -0.39 is 23.7 Å². The number of benzene rings is 1. The van der Waals surface area contributed by atoms with Crippen LogP contribution in [0.1, 0.15) is 31.9 Å². The molecule has 1 N–H and O–H groups in total. The Bertz CT molecular complexity index is 640. The van der Waals surface area contributed by atoms with Gasteiger partial charge in [0.2, 0.25) is 0 Å². The van der Waals surface area contributed by atoms with Gasteiger partial charge in [-0.15, -0.1) is 0 Å². The van der Waals surface area contributed by atoms with E-state index in [9.17, 15) is 14.7 Å². The van der Waals surface area contributed by atoms with E-state index >= 15 is 0 Å². The Morgan fingerprint density at radius 3 is 2.62 bits per heavy atom. The monoisotopic (exact) mass is 288 g/mol. The Labute approximate surface area is 122 Å². The first-order valence-corrected chi connectivity index (χ1v) is 6.51. The fraction of sp³-hybridized carbons (Fsp3) is 0.400. The second-order valence-corrected chi connectivity index (χ2v) is 5.86. The molecule has 0 bridgehead atoms. The molecule has 0 fully saturated rings. The van der Waals surface area contributed by atoms with Crippen LogP contribution in [0.3, 0.4) is 0 Å². The molecule has 0 saturated carbocycles. The number of amides is 1. The molecule has 1 heterocycles. The van der Waals surface area contributed by atoms with E-state index in [1.54, 1.807) is 32.9 Å². The normalized spacial score (nSPS) is 17.0. The summed E-state index contributed by atoms with van der Waals surface area (Å²) in [6.45, 7) is 5.13. The van der Waals surface area contributed by atoms with Crippen molar-refractivity contribution in [3.05, 3.63) is 29.3 Å². The number of hydrogen-bond acceptors (Lipinski definition) is 4. The highest BCUT2D eigenvalue weighted by molar-refractivity contribution is 5.98. The fourth-order valence-corrected chi connectivity index (χ4v) is 2.23. The first-order chi connectivity index (χ1) is 9.73. The summed E-state index contributed by atoms with van der Waals surface area (Å²) >= 11 is 0. The number of carboxylic acids is 1. The molecule has 6 heteroatoms. The summed E-state index contributed by atoms with van der Waals surface area (Å²) in [6.07, 6.45) is -0.515. The van der Waals surface area contributed by atoms with Crippen LogP contribution in [-0.4, -0.2) is 28.8 Å². The van der Waals surface area contributed by atoms with Crippen LogP contribution in [0, 0.1) is 11.3 Å². The summed E-state index contributed by atoms with van der Waals surface area (Å²) < 4.78 is 5.27. The molecule has 2 rings (SSSR count). The Kier molecular flexibility index (Phi) is 3.60. The van der Waals surface area contributed by atoms with Crippen LogP contribution >= 0.6 is 0 Å². The van der Waals surface area contributed by atoms with E-state index in [4.69, 9.17) is 10.00 Å². The van der Waals surface area contributed by atoms with Gasteiger partial charge >= 0.3 is 12.1 Å². The number of nitriles is 1. The Balaban J connectivity index is 2.43. The van der Waals surface area contributed by atoms with Crippen molar-refractivity contribution in [1.29, 1.82) is 5.26 Å². The minimum Gasteiger partial charge on any atom is -0.480 e. The van der Waals surface area contributed by atoms with Crippen LogP contribution in [-0.2, 0) is 16.0 Å². The largest absolute Gasteiger partial charge is 0.480 e. The maximum Gasteiger partial charge on any atom is 0.415 e. The highest BCUT2D eigenvalue weighted by Gasteiger charge is 2.40. The summed E-state index contributed by atoms with van der Waals surface area (Å²) in [7, 11) is 0. The third-order valence-electron chi connectivity index (χ3n) is 3.07. The van der Waals surface area contributed by atoms with Crippen molar-refractivity contribution >= 4 is 17.7 Å². The number of anilines is 1. The quantitative estimate of drug-likeness (QED) is 0.856. The number of ether oxygens (including phenoxy) is 1. The molecular formula is C15H16N2O4. The number of rotatable bonds is 1. The van der Waals surface area contributed by atoms with Gasteiger partial charge in [0.25, 0.3) is 0 Å². The van der Waals surface area contributed by atoms with E-state index in [2.05, 4.69) is 0 Å². The zero-order chi connectivity index (χ0) is 15.8. The van der Waals surface area contributed by atoms with Gasteiger partial charge in [0.05, 0.1) is 17.3 Å². The molecule has 6 nitrogen and oxygen atoms in total. The van der Waals surface area contributed by atoms with E-state index in [0.717, 1.165) is 4.90 Å². The topological polar surface area (TPSA) is 90.6 Å². The van der Waals surface area contributed by atoms with Crippen LogP contribution in [0.5, 0.6) is 0 Å². The SMILES string of the molecule is CC(C)(C)OC(=O)N1c2cc(C#N)ccc2CC1C(=O)O. The summed E-state index contributed by atoms with van der Waals surface area (Å²) in [5.74, 6) is -1.10. The first-order valence-electron chi connectivity index (χ1n) is 6.51. The molecule has 0 saturated heterocycles. The van der Waals surface area contributed by atoms with Gasteiger partial charge in [-0.05, 0) is 38.5 Å². The van der Waals surface area contributed by atoms with E-state index in [-0.39, 0.29) is 6.42 Å². The summed E-state index contributed by atoms with van der Waals surface area (Å²) in [4.78, 5) is 24.8. The van der Waals surface area contributed by atoms with Crippen LogP contribution < -0.4 is 4.90 Å². The molecule has 110 valence electrons. The Morgan fingerprint density at radius 1 is 1.43 bits per heavy atom. The number of aliphatic carboxylic acids is 1. The molecule has 1 aromatic carbocycles. The molecule has 1 atom stereocenters. The maximum atomic E-state index is 12.3. The maximum absolute atomic E-state index is 12.3. The average molecular weight is 288 g/mol. The second kappa shape index (κ2) is 5.09. The third-order valence-corrected chi connectivity index (χ3v) is 3.07. The van der Waals surface area contributed by atoms with E-state index in [0.29, 0.717) is 16.8 Å². The van der Waals surface area contributed by atoms with E-state index in [1.165, 1.54) is 6.07 Å².